The molecule has 4 nitrogen and oxygen atoms in total. The molecule has 0 unspecified atom stereocenters. The summed E-state index contributed by atoms with van der Waals surface area (Å²) in [7, 11) is 1.36. The molecule has 0 bridgehead atoms. The molecule has 0 atom stereocenters. The molecule has 1 heterocycles. The standard InChI is InChI=1S/C16H17NO3/c1-4-8-15(20-5-2)17-13-10-7-6-9-12(13)11-14(17)16(18)19-3/h4,6-11H,1,5H2,2-3H3/b15-8+. The van der Waals surface area contributed by atoms with Gasteiger partial charge in [-0.25, -0.2) is 4.79 Å². The molecule has 2 aromatic rings. The summed E-state index contributed by atoms with van der Waals surface area (Å²) in [6.45, 7) is 6.06. The molecule has 0 aliphatic rings. The summed E-state index contributed by atoms with van der Waals surface area (Å²) in [5, 5.41) is 0.947. The Morgan fingerprint density at radius 3 is 2.80 bits per heavy atom. The Morgan fingerprint density at radius 2 is 2.15 bits per heavy atom. The van der Waals surface area contributed by atoms with Crippen molar-refractivity contribution in [1.82, 2.24) is 4.57 Å². The maximum Gasteiger partial charge on any atom is 0.355 e. The van der Waals surface area contributed by atoms with Gasteiger partial charge in [-0.1, -0.05) is 30.9 Å². The quantitative estimate of drug-likeness (QED) is 0.475. The monoisotopic (exact) mass is 271 g/mol. The molecule has 0 saturated heterocycles. The van der Waals surface area contributed by atoms with Gasteiger partial charge in [0.2, 0.25) is 0 Å². The number of para-hydroxylation sites is 1. The lowest BCUT2D eigenvalue weighted by Crippen LogP contribution is -2.11. The fraction of sp³-hybridized carbons (Fsp3) is 0.188. The maximum atomic E-state index is 12.0. The van der Waals surface area contributed by atoms with Crippen LogP contribution in [0.2, 0.25) is 0 Å². The van der Waals surface area contributed by atoms with Crippen LogP contribution in [-0.4, -0.2) is 24.3 Å². The van der Waals surface area contributed by atoms with E-state index in [-0.39, 0.29) is 0 Å². The third-order valence-electron chi connectivity index (χ3n) is 2.88. The highest BCUT2D eigenvalue weighted by Crippen LogP contribution is 2.25. The number of benzene rings is 1. The number of methoxy groups -OCH3 is 1. The molecule has 0 amide bonds. The molecule has 0 aliphatic carbocycles. The van der Waals surface area contributed by atoms with E-state index in [0.717, 1.165) is 10.9 Å². The molecule has 0 saturated carbocycles. The summed E-state index contributed by atoms with van der Waals surface area (Å²) in [5.41, 5.74) is 1.31. The highest BCUT2D eigenvalue weighted by molar-refractivity contribution is 5.97. The Bertz CT molecular complexity index is 667. The van der Waals surface area contributed by atoms with E-state index < -0.39 is 5.97 Å². The van der Waals surface area contributed by atoms with Crippen LogP contribution in [-0.2, 0) is 9.47 Å². The van der Waals surface area contributed by atoms with Crippen LogP contribution in [0.1, 0.15) is 17.4 Å². The first-order valence-electron chi connectivity index (χ1n) is 6.37. The molecule has 20 heavy (non-hydrogen) atoms. The molecule has 104 valence electrons. The Labute approximate surface area is 117 Å². The van der Waals surface area contributed by atoms with E-state index in [1.165, 1.54) is 7.11 Å². The molecule has 0 N–H and O–H groups in total. The number of rotatable bonds is 5. The summed E-state index contributed by atoms with van der Waals surface area (Å²) < 4.78 is 12.2. The van der Waals surface area contributed by atoms with Crippen LogP contribution < -0.4 is 0 Å². The van der Waals surface area contributed by atoms with Crippen LogP contribution in [0.25, 0.3) is 16.8 Å². The van der Waals surface area contributed by atoms with E-state index in [9.17, 15) is 4.79 Å². The van der Waals surface area contributed by atoms with Gasteiger partial charge in [-0.05, 0) is 25.1 Å². The van der Waals surface area contributed by atoms with Crippen LogP contribution >= 0.6 is 0 Å². The molecule has 0 radical (unpaired) electrons. The molecule has 0 aliphatic heterocycles. The molecule has 0 spiro atoms. The van der Waals surface area contributed by atoms with Crippen LogP contribution in [0.5, 0.6) is 0 Å². The largest absolute Gasteiger partial charge is 0.479 e. The molecule has 1 aromatic heterocycles. The normalized spacial score (nSPS) is 11.4. The lowest BCUT2D eigenvalue weighted by molar-refractivity contribution is 0.0590. The zero-order chi connectivity index (χ0) is 14.5. The molecule has 4 heteroatoms. The lowest BCUT2D eigenvalue weighted by Gasteiger charge is -2.13. The molecule has 1 aromatic carbocycles. The first-order chi connectivity index (χ1) is 9.72. The zero-order valence-electron chi connectivity index (χ0n) is 11.6. The van der Waals surface area contributed by atoms with Gasteiger partial charge in [0.15, 0.2) is 5.88 Å². The van der Waals surface area contributed by atoms with Crippen LogP contribution in [0.15, 0.2) is 49.1 Å². The highest BCUT2D eigenvalue weighted by Gasteiger charge is 2.18. The highest BCUT2D eigenvalue weighted by atomic mass is 16.5. The van der Waals surface area contributed by atoms with Gasteiger partial charge in [0, 0.05) is 5.39 Å². The Balaban J connectivity index is 2.72. The molecular weight excluding hydrogens is 254 g/mol. The van der Waals surface area contributed by atoms with Gasteiger partial charge in [-0.15, -0.1) is 0 Å². The van der Waals surface area contributed by atoms with Crippen LogP contribution in [0, 0.1) is 0 Å². The number of allylic oxidation sites excluding steroid dienone is 2. The number of fused-ring (bicyclic) bond motifs is 1. The van der Waals surface area contributed by atoms with Gasteiger partial charge in [-0.3, -0.25) is 4.57 Å². The van der Waals surface area contributed by atoms with Crippen molar-refractivity contribution in [2.24, 2.45) is 0 Å². The third kappa shape index (κ3) is 2.45. The van der Waals surface area contributed by atoms with Crippen molar-refractivity contribution in [2.75, 3.05) is 13.7 Å². The Hall–Kier alpha value is -2.49. The van der Waals surface area contributed by atoms with E-state index >= 15 is 0 Å². The number of hydrogen-bond donors (Lipinski definition) is 0. The van der Waals surface area contributed by atoms with Crippen LogP contribution in [0.3, 0.4) is 0 Å². The fourth-order valence-corrected chi connectivity index (χ4v) is 2.08. The number of esters is 1. The molecule has 0 fully saturated rings. The second kappa shape index (κ2) is 6.10. The van der Waals surface area contributed by atoms with Gasteiger partial charge in [0.1, 0.15) is 5.69 Å². The minimum absolute atomic E-state index is 0.407. The molecular formula is C16H17NO3. The van der Waals surface area contributed by atoms with E-state index in [1.807, 2.05) is 31.2 Å². The lowest BCUT2D eigenvalue weighted by atomic mass is 10.2. The Kier molecular flexibility index (Phi) is 4.25. The zero-order valence-corrected chi connectivity index (χ0v) is 11.6. The minimum Gasteiger partial charge on any atom is -0.479 e. The SMILES string of the molecule is C=C/C=C(/OCC)n1c(C(=O)OC)cc2ccccc21. The second-order valence-corrected chi connectivity index (χ2v) is 4.09. The van der Waals surface area contributed by atoms with Crippen molar-refractivity contribution in [2.45, 2.75) is 6.92 Å². The van der Waals surface area contributed by atoms with Crippen LogP contribution in [0.4, 0.5) is 0 Å². The number of nitrogens with zero attached hydrogens (tertiary/aromatic N) is 1. The van der Waals surface area contributed by atoms with Gasteiger partial charge in [0.05, 0.1) is 19.2 Å². The number of aromatic nitrogens is 1. The number of carbonyl (C=O) groups is 1. The summed E-state index contributed by atoms with van der Waals surface area (Å²) in [6, 6.07) is 9.49. The van der Waals surface area contributed by atoms with E-state index in [4.69, 9.17) is 9.47 Å². The predicted molar refractivity (Wildman–Crippen MR) is 79.4 cm³/mol. The van der Waals surface area contributed by atoms with Crippen molar-refractivity contribution >= 4 is 22.8 Å². The van der Waals surface area contributed by atoms with Crippen molar-refractivity contribution in [3.05, 3.63) is 54.8 Å². The van der Waals surface area contributed by atoms with Gasteiger partial charge < -0.3 is 9.47 Å². The summed E-state index contributed by atoms with van der Waals surface area (Å²) in [6.07, 6.45) is 3.35. The number of hydrogen-bond acceptors (Lipinski definition) is 3. The van der Waals surface area contributed by atoms with Crippen molar-refractivity contribution in [3.8, 4) is 0 Å². The summed E-state index contributed by atoms with van der Waals surface area (Å²) in [4.78, 5) is 12.0. The summed E-state index contributed by atoms with van der Waals surface area (Å²) >= 11 is 0. The maximum absolute atomic E-state index is 12.0. The van der Waals surface area contributed by atoms with Gasteiger partial charge in [-0.2, -0.15) is 0 Å². The van der Waals surface area contributed by atoms with Gasteiger partial charge in [0.25, 0.3) is 0 Å². The first kappa shape index (κ1) is 13.9. The number of carbonyl (C=O) groups excluding carboxylic acids is 1. The number of ether oxygens (including phenoxy) is 2. The third-order valence-corrected chi connectivity index (χ3v) is 2.88. The second-order valence-electron chi connectivity index (χ2n) is 4.09. The predicted octanol–water partition coefficient (Wildman–Crippen LogP) is 3.45. The topological polar surface area (TPSA) is 40.5 Å². The van der Waals surface area contributed by atoms with Crippen molar-refractivity contribution in [1.29, 1.82) is 0 Å². The van der Waals surface area contributed by atoms with Crippen molar-refractivity contribution < 1.29 is 14.3 Å². The van der Waals surface area contributed by atoms with E-state index in [0.29, 0.717) is 18.2 Å². The van der Waals surface area contributed by atoms with Crippen molar-refractivity contribution in [3.63, 3.8) is 0 Å². The first-order valence-corrected chi connectivity index (χ1v) is 6.37. The minimum atomic E-state index is -0.407. The fourth-order valence-electron chi connectivity index (χ4n) is 2.08. The summed E-state index contributed by atoms with van der Waals surface area (Å²) in [5.74, 6) is 0.139. The van der Waals surface area contributed by atoms with E-state index in [1.54, 1.807) is 22.8 Å². The Morgan fingerprint density at radius 1 is 1.40 bits per heavy atom. The average Bonchev–Trinajstić information content (AvgIpc) is 2.85. The van der Waals surface area contributed by atoms with E-state index in [2.05, 4.69) is 6.58 Å². The smallest absolute Gasteiger partial charge is 0.355 e. The average molecular weight is 271 g/mol. The van der Waals surface area contributed by atoms with Gasteiger partial charge >= 0.3 is 5.97 Å². The molecule has 2 rings (SSSR count).